The van der Waals surface area contributed by atoms with E-state index in [2.05, 4.69) is 9.46 Å². The van der Waals surface area contributed by atoms with Crippen LogP contribution < -0.4 is 4.72 Å². The Labute approximate surface area is 108 Å². The van der Waals surface area contributed by atoms with Gasteiger partial charge >= 0.3 is 5.97 Å². The van der Waals surface area contributed by atoms with E-state index in [9.17, 15) is 13.2 Å². The molecule has 1 aliphatic heterocycles. The predicted molar refractivity (Wildman–Crippen MR) is 66.6 cm³/mol. The molecule has 18 heavy (non-hydrogen) atoms. The second kappa shape index (κ2) is 6.49. The van der Waals surface area contributed by atoms with Gasteiger partial charge in [0.1, 0.15) is 0 Å². The molecule has 1 heterocycles. The van der Waals surface area contributed by atoms with Crippen molar-refractivity contribution < 1.29 is 22.7 Å². The number of carbonyl (C=O) groups is 1. The molecule has 1 fully saturated rings. The summed E-state index contributed by atoms with van der Waals surface area (Å²) in [7, 11) is -2.07. The Hall–Kier alpha value is -0.660. The number of esters is 1. The molecule has 6 nitrogen and oxygen atoms in total. The molecule has 1 aliphatic rings. The molecule has 0 amide bonds. The van der Waals surface area contributed by atoms with Crippen molar-refractivity contribution in [2.45, 2.75) is 38.1 Å². The Bertz CT molecular complexity index is 373. The van der Waals surface area contributed by atoms with Gasteiger partial charge in [-0.05, 0) is 26.2 Å². The molecule has 0 radical (unpaired) electrons. The van der Waals surface area contributed by atoms with Crippen molar-refractivity contribution in [3.8, 4) is 0 Å². The van der Waals surface area contributed by atoms with Crippen LogP contribution in [0.5, 0.6) is 0 Å². The zero-order valence-corrected chi connectivity index (χ0v) is 11.7. The second-order valence-corrected chi connectivity index (χ2v) is 6.62. The summed E-state index contributed by atoms with van der Waals surface area (Å²) in [6.07, 6.45) is 1.73. The lowest BCUT2D eigenvalue weighted by molar-refractivity contribution is -0.140. The van der Waals surface area contributed by atoms with Gasteiger partial charge in [0.05, 0.1) is 12.9 Å². The summed E-state index contributed by atoms with van der Waals surface area (Å²) in [4.78, 5) is 10.9. The van der Waals surface area contributed by atoms with Crippen molar-refractivity contribution in [3.63, 3.8) is 0 Å². The van der Waals surface area contributed by atoms with Crippen molar-refractivity contribution in [2.24, 2.45) is 0 Å². The van der Waals surface area contributed by atoms with E-state index in [4.69, 9.17) is 4.74 Å². The molecule has 1 saturated heterocycles. The molecule has 106 valence electrons. The van der Waals surface area contributed by atoms with Crippen molar-refractivity contribution >= 4 is 16.0 Å². The van der Waals surface area contributed by atoms with Crippen molar-refractivity contribution in [3.05, 3.63) is 0 Å². The first kappa shape index (κ1) is 15.4. The summed E-state index contributed by atoms with van der Waals surface area (Å²) < 4.78 is 36.1. The predicted octanol–water partition coefficient (Wildman–Crippen LogP) is 0.428. The molecule has 0 aromatic heterocycles. The molecule has 0 spiro atoms. The van der Waals surface area contributed by atoms with Crippen LogP contribution >= 0.6 is 0 Å². The van der Waals surface area contributed by atoms with Gasteiger partial charge in [0.15, 0.2) is 0 Å². The van der Waals surface area contributed by atoms with Crippen LogP contribution in [0.1, 0.15) is 32.6 Å². The van der Waals surface area contributed by atoms with E-state index >= 15 is 0 Å². The van der Waals surface area contributed by atoms with Crippen LogP contribution in [0.25, 0.3) is 0 Å². The number of methoxy groups -OCH3 is 1. The minimum Gasteiger partial charge on any atom is -0.469 e. The summed E-state index contributed by atoms with van der Waals surface area (Å²) in [6, 6.07) is 0. The minimum absolute atomic E-state index is 0.0570. The highest BCUT2D eigenvalue weighted by Gasteiger charge is 2.31. The first-order valence-corrected chi connectivity index (χ1v) is 7.68. The zero-order chi connectivity index (χ0) is 13.6. The Balaban J connectivity index is 2.41. The normalized spacial score (nSPS) is 19.4. The van der Waals surface area contributed by atoms with Gasteiger partial charge in [-0.3, -0.25) is 4.79 Å². The minimum atomic E-state index is -3.36. The number of sulfonamides is 1. The second-order valence-electron chi connectivity index (χ2n) is 4.77. The third kappa shape index (κ3) is 5.32. The molecule has 0 aromatic rings. The maximum Gasteiger partial charge on any atom is 0.305 e. The molecule has 0 aliphatic carbocycles. The largest absolute Gasteiger partial charge is 0.469 e. The Morgan fingerprint density at radius 2 is 2.00 bits per heavy atom. The lowest BCUT2D eigenvalue weighted by atomic mass is 9.94. The smallest absolute Gasteiger partial charge is 0.305 e. The molecule has 0 atom stereocenters. The average molecular weight is 279 g/mol. The Morgan fingerprint density at radius 3 is 2.56 bits per heavy atom. The first-order valence-electron chi connectivity index (χ1n) is 6.03. The van der Waals surface area contributed by atoms with Crippen LogP contribution in [0.3, 0.4) is 0 Å². The van der Waals surface area contributed by atoms with E-state index in [1.807, 2.05) is 6.92 Å². The van der Waals surface area contributed by atoms with Crippen LogP contribution in [0, 0.1) is 0 Å². The van der Waals surface area contributed by atoms with Gasteiger partial charge in [0.2, 0.25) is 10.0 Å². The Morgan fingerprint density at radius 1 is 1.39 bits per heavy atom. The van der Waals surface area contributed by atoms with Crippen LogP contribution in [-0.4, -0.2) is 46.0 Å². The van der Waals surface area contributed by atoms with Crippen LogP contribution in [0.2, 0.25) is 0 Å². The third-order valence-electron chi connectivity index (χ3n) is 3.02. The van der Waals surface area contributed by atoms with Gasteiger partial charge in [0, 0.05) is 25.2 Å². The summed E-state index contributed by atoms with van der Waals surface area (Å²) in [5.74, 6) is -0.444. The van der Waals surface area contributed by atoms with Gasteiger partial charge in [-0.1, -0.05) is 0 Å². The lowest BCUT2D eigenvalue weighted by Gasteiger charge is -2.34. The monoisotopic (exact) mass is 279 g/mol. The van der Waals surface area contributed by atoms with E-state index in [0.29, 0.717) is 26.1 Å². The molecular weight excluding hydrogens is 258 g/mol. The zero-order valence-electron chi connectivity index (χ0n) is 10.9. The summed E-state index contributed by atoms with van der Waals surface area (Å²) in [6.45, 7) is 3.02. The van der Waals surface area contributed by atoms with Crippen molar-refractivity contribution in [2.75, 3.05) is 26.1 Å². The molecule has 0 aromatic carbocycles. The SMILES string of the molecule is COC(=O)CCCS(=O)(=O)NC1(C)CCOCC1. The van der Waals surface area contributed by atoms with Crippen molar-refractivity contribution in [1.29, 1.82) is 0 Å². The van der Waals surface area contributed by atoms with Gasteiger partial charge < -0.3 is 9.47 Å². The van der Waals surface area contributed by atoms with E-state index in [1.54, 1.807) is 0 Å². The fraction of sp³-hybridized carbons (Fsp3) is 0.909. The first-order chi connectivity index (χ1) is 8.37. The van der Waals surface area contributed by atoms with E-state index < -0.39 is 15.6 Å². The maximum atomic E-state index is 11.9. The van der Waals surface area contributed by atoms with E-state index in [0.717, 1.165) is 0 Å². The van der Waals surface area contributed by atoms with Gasteiger partial charge in [-0.15, -0.1) is 0 Å². The van der Waals surface area contributed by atoms with Crippen LogP contribution in [0.4, 0.5) is 0 Å². The van der Waals surface area contributed by atoms with Crippen LogP contribution in [0.15, 0.2) is 0 Å². The highest BCUT2D eigenvalue weighted by atomic mass is 32.2. The molecular formula is C11H21NO5S. The number of hydrogen-bond donors (Lipinski definition) is 1. The number of nitrogens with one attached hydrogen (secondary N) is 1. The Kier molecular flexibility index (Phi) is 5.55. The molecule has 1 rings (SSSR count). The van der Waals surface area contributed by atoms with Gasteiger partial charge in [-0.2, -0.15) is 0 Å². The van der Waals surface area contributed by atoms with Crippen molar-refractivity contribution in [1.82, 2.24) is 4.72 Å². The van der Waals surface area contributed by atoms with Gasteiger partial charge in [-0.25, -0.2) is 13.1 Å². The standard InChI is InChI=1S/C11H21NO5S/c1-11(5-7-17-8-6-11)12-18(14,15)9-3-4-10(13)16-2/h12H,3-9H2,1-2H3. The van der Waals surface area contributed by atoms with E-state index in [1.165, 1.54) is 7.11 Å². The summed E-state index contributed by atoms with van der Waals surface area (Å²) in [5, 5.41) is 0. The fourth-order valence-corrected chi connectivity index (χ4v) is 3.44. The fourth-order valence-electron chi connectivity index (χ4n) is 1.86. The average Bonchev–Trinajstić information content (AvgIpc) is 2.27. The highest BCUT2D eigenvalue weighted by molar-refractivity contribution is 7.89. The molecule has 7 heteroatoms. The lowest BCUT2D eigenvalue weighted by Crippen LogP contribution is -2.50. The number of rotatable bonds is 6. The number of carbonyl (C=O) groups excluding carboxylic acids is 1. The molecule has 0 saturated carbocycles. The number of ether oxygens (including phenoxy) is 2. The van der Waals surface area contributed by atoms with E-state index in [-0.39, 0.29) is 24.6 Å². The maximum absolute atomic E-state index is 11.9. The molecule has 0 unspecified atom stereocenters. The molecule has 1 N–H and O–H groups in total. The number of hydrogen-bond acceptors (Lipinski definition) is 5. The summed E-state index contributed by atoms with van der Waals surface area (Å²) in [5.41, 5.74) is -0.428. The van der Waals surface area contributed by atoms with Gasteiger partial charge in [0.25, 0.3) is 0 Å². The molecule has 0 bridgehead atoms. The van der Waals surface area contributed by atoms with Crippen LogP contribution in [-0.2, 0) is 24.3 Å². The quantitative estimate of drug-likeness (QED) is 0.713. The topological polar surface area (TPSA) is 81.7 Å². The third-order valence-corrected chi connectivity index (χ3v) is 4.65. The summed E-state index contributed by atoms with van der Waals surface area (Å²) >= 11 is 0. The highest BCUT2D eigenvalue weighted by Crippen LogP contribution is 2.20.